The number of ether oxygens (including phenoxy) is 16. The zero-order valence-corrected chi connectivity index (χ0v) is 53.2. The van der Waals surface area contributed by atoms with Crippen LogP contribution in [0.4, 0.5) is 0 Å². The molecule has 0 saturated carbocycles. The molecule has 4 rings (SSSR count). The van der Waals surface area contributed by atoms with E-state index in [2.05, 4.69) is 9.98 Å². The number of fused-ring (bicyclic) bond motifs is 2. The van der Waals surface area contributed by atoms with E-state index in [-0.39, 0.29) is 94.2 Å². The van der Waals surface area contributed by atoms with Crippen molar-refractivity contribution in [3.05, 3.63) is 45.5 Å². The maximum absolute atomic E-state index is 12.5. The van der Waals surface area contributed by atoms with Crippen molar-refractivity contribution in [1.82, 2.24) is 0 Å². The zero-order valence-electron chi connectivity index (χ0n) is 53.2. The van der Waals surface area contributed by atoms with Crippen molar-refractivity contribution < 1.29 is 106 Å². The molecule has 0 saturated heterocycles. The summed E-state index contributed by atoms with van der Waals surface area (Å²) >= 11 is 0. The molecule has 0 unspecified atom stereocenters. The predicted molar refractivity (Wildman–Crippen MR) is 335 cm³/mol. The summed E-state index contributed by atoms with van der Waals surface area (Å²) in [6.07, 6.45) is 2.78. The molecule has 0 fully saturated rings. The summed E-state index contributed by atoms with van der Waals surface area (Å²) in [7, 11) is 3.26. The van der Waals surface area contributed by atoms with E-state index < -0.39 is 11.5 Å². The molecule has 0 radical (unpaired) electrons. The summed E-state index contributed by atoms with van der Waals surface area (Å²) < 4.78 is 87.3. The number of methoxy groups -OCH3 is 2. The van der Waals surface area contributed by atoms with Gasteiger partial charge in [0.25, 0.3) is 0 Å². The molecule has 0 bridgehead atoms. The lowest BCUT2D eigenvalue weighted by molar-refractivity contribution is -0.0219. The average molecular weight is 1250 g/mol. The van der Waals surface area contributed by atoms with E-state index in [1.54, 1.807) is 40.2 Å². The Morgan fingerprint density at radius 1 is 0.318 bits per heavy atom. The van der Waals surface area contributed by atoms with Gasteiger partial charge in [-0.25, -0.2) is 0 Å². The van der Waals surface area contributed by atoms with Crippen LogP contribution >= 0.6 is 0 Å². The highest BCUT2D eigenvalue weighted by molar-refractivity contribution is 6.15. The van der Waals surface area contributed by atoms with Crippen molar-refractivity contribution in [3.63, 3.8) is 0 Å². The summed E-state index contributed by atoms with van der Waals surface area (Å²) in [6, 6.07) is 3.61. The maximum Gasteiger partial charge on any atom is 0.167 e. The van der Waals surface area contributed by atoms with Crippen LogP contribution in [-0.2, 0) is 75.8 Å². The molecule has 0 spiro atoms. The van der Waals surface area contributed by atoms with E-state index in [0.717, 1.165) is 0 Å². The third-order valence-corrected chi connectivity index (χ3v) is 13.5. The Labute approximate surface area is 518 Å². The van der Waals surface area contributed by atoms with E-state index in [0.29, 0.717) is 218 Å². The second-order valence-electron chi connectivity index (χ2n) is 20.7. The van der Waals surface area contributed by atoms with Gasteiger partial charge in [0.05, 0.1) is 211 Å². The van der Waals surface area contributed by atoms with Crippen molar-refractivity contribution in [2.45, 2.75) is 53.4 Å². The van der Waals surface area contributed by atoms with Crippen LogP contribution in [0.15, 0.2) is 22.1 Å². The summed E-state index contributed by atoms with van der Waals surface area (Å²) in [4.78, 5) is 9.02. The van der Waals surface area contributed by atoms with Gasteiger partial charge in [-0.3, -0.25) is 9.98 Å². The monoisotopic (exact) mass is 1250 g/mol. The maximum atomic E-state index is 12.5. The fourth-order valence-electron chi connectivity index (χ4n) is 9.30. The molecule has 0 aromatic heterocycles. The number of aliphatic imine (C=N–C) groups is 2. The van der Waals surface area contributed by atoms with Gasteiger partial charge in [0.1, 0.15) is 11.5 Å². The molecule has 0 aliphatic heterocycles. The van der Waals surface area contributed by atoms with Crippen LogP contribution in [0.2, 0.25) is 0 Å². The van der Waals surface area contributed by atoms with Crippen molar-refractivity contribution in [3.8, 4) is 45.6 Å². The Balaban J connectivity index is 1.29. The van der Waals surface area contributed by atoms with E-state index in [9.17, 15) is 30.6 Å². The van der Waals surface area contributed by atoms with Gasteiger partial charge < -0.3 is 106 Å². The molecule has 0 aliphatic rings. The van der Waals surface area contributed by atoms with E-state index in [1.165, 1.54) is 12.4 Å². The Morgan fingerprint density at radius 2 is 0.534 bits per heavy atom. The van der Waals surface area contributed by atoms with Crippen LogP contribution in [0.1, 0.15) is 72.9 Å². The highest BCUT2D eigenvalue weighted by atomic mass is 16.6. The van der Waals surface area contributed by atoms with E-state index in [1.807, 2.05) is 27.7 Å². The molecule has 24 nitrogen and oxygen atoms in total. The third kappa shape index (κ3) is 26.0. The molecule has 0 aliphatic carbocycles. The Morgan fingerprint density at radius 3 is 0.750 bits per heavy atom. The molecule has 4 aromatic carbocycles. The number of aromatic hydroxyl groups is 6. The largest absolute Gasteiger partial charge is 0.507 e. The fraction of sp³-hybridized carbons (Fsp3) is 0.656. The van der Waals surface area contributed by atoms with Gasteiger partial charge in [0.2, 0.25) is 0 Å². The van der Waals surface area contributed by atoms with Crippen LogP contribution < -0.4 is 0 Å². The average Bonchev–Trinajstić information content (AvgIpc) is 3.44. The fourth-order valence-corrected chi connectivity index (χ4v) is 9.30. The van der Waals surface area contributed by atoms with Crippen LogP contribution in [0.3, 0.4) is 0 Å². The second kappa shape index (κ2) is 45.2. The standard InChI is InChI=1S/C64H100N2O22/c1-45(2)53-49-41-47(5)55(61(69)57(49)51(59(67)63(53)71)43-65-9-11-75-17-19-79-25-27-83-33-35-87-39-37-85-31-29-81-23-21-77-15-13-73-7)56-48(6)42-50-54(46(3)4)64(72)60(68)52(58(50)62(56)70)44-66-10-12-76-18-20-80-26-28-84-34-36-88-40-38-86-32-30-82-24-22-78-16-14-74-8/h41-46,67-72H,9-40H2,1-8H3. The summed E-state index contributed by atoms with van der Waals surface area (Å²) in [6.45, 7) is 24.4. The lowest BCUT2D eigenvalue weighted by atomic mass is 9.83. The number of aryl methyl sites for hydroxylation is 2. The minimum absolute atomic E-state index is 0.0687. The van der Waals surface area contributed by atoms with Crippen molar-refractivity contribution in [1.29, 1.82) is 0 Å². The summed E-state index contributed by atoms with van der Waals surface area (Å²) in [5, 5.41) is 72.5. The van der Waals surface area contributed by atoms with Crippen molar-refractivity contribution >= 4 is 34.0 Å². The lowest BCUT2D eigenvalue weighted by Crippen LogP contribution is -2.15. The molecular weight excluding hydrogens is 1150 g/mol. The molecule has 4 aromatic rings. The van der Waals surface area contributed by atoms with Crippen molar-refractivity contribution in [2.24, 2.45) is 9.98 Å². The highest BCUT2D eigenvalue weighted by Crippen LogP contribution is 2.54. The number of hydrogen-bond acceptors (Lipinski definition) is 24. The first-order chi connectivity index (χ1) is 42.8. The topological polar surface area (TPSA) is 294 Å². The molecule has 6 N–H and O–H groups in total. The predicted octanol–water partition coefficient (Wildman–Crippen LogP) is 7.12. The molecule has 0 amide bonds. The van der Waals surface area contributed by atoms with Gasteiger partial charge in [-0.1, -0.05) is 39.8 Å². The number of benzene rings is 4. The normalized spacial score (nSPS) is 12.2. The zero-order chi connectivity index (χ0) is 63.7. The van der Waals surface area contributed by atoms with Crippen LogP contribution in [-0.4, -0.2) is 269 Å². The first-order valence-electron chi connectivity index (χ1n) is 30.3. The Bertz CT molecular complexity index is 2460. The van der Waals surface area contributed by atoms with E-state index in [4.69, 9.17) is 75.8 Å². The lowest BCUT2D eigenvalue weighted by Gasteiger charge is -2.23. The van der Waals surface area contributed by atoms with Gasteiger partial charge in [-0.2, -0.15) is 0 Å². The first-order valence-corrected chi connectivity index (χ1v) is 30.3. The highest BCUT2D eigenvalue weighted by Gasteiger charge is 2.30. The number of phenols is 6. The van der Waals surface area contributed by atoms with Crippen LogP contribution in [0.25, 0.3) is 32.7 Å². The number of phenolic OH excluding ortho intramolecular Hbond substituents is 6. The quantitative estimate of drug-likeness (QED) is 0.0146. The Kier molecular flexibility index (Phi) is 38.7. The van der Waals surface area contributed by atoms with Gasteiger partial charge in [-0.05, 0) is 47.6 Å². The molecular formula is C64H100N2O22. The summed E-state index contributed by atoms with van der Waals surface area (Å²) in [5.41, 5.74) is 2.58. The molecule has 0 heterocycles. The SMILES string of the molecule is COCCOCCOCCOCCOCCOCCOCCOCCN=Cc1c(O)c(O)c(C(C)C)c2cc(C)c(-c3c(C)cc4c(C(C)C)c(O)c(O)c(C=NCCOCCOCCOCCOCCOCCOCCOCCOC)c4c3O)c(O)c12. The smallest absolute Gasteiger partial charge is 0.167 e. The minimum atomic E-state index is -0.469. The van der Waals surface area contributed by atoms with E-state index >= 15 is 0 Å². The van der Waals surface area contributed by atoms with Gasteiger partial charge in [-0.15, -0.1) is 0 Å². The van der Waals surface area contributed by atoms with Crippen LogP contribution in [0, 0.1) is 13.8 Å². The second-order valence-corrected chi connectivity index (χ2v) is 20.7. The first kappa shape index (κ1) is 75.4. The number of hydrogen-bond donors (Lipinski definition) is 6. The minimum Gasteiger partial charge on any atom is -0.507 e. The third-order valence-electron chi connectivity index (χ3n) is 13.5. The molecule has 498 valence electrons. The molecule has 0 atom stereocenters. The summed E-state index contributed by atoms with van der Waals surface area (Å²) in [5.74, 6) is -2.72. The number of nitrogens with zero attached hydrogens (tertiary/aromatic N) is 2. The number of rotatable bonds is 53. The molecule has 24 heteroatoms. The van der Waals surface area contributed by atoms with Gasteiger partial charge in [0.15, 0.2) is 23.0 Å². The molecule has 88 heavy (non-hydrogen) atoms. The van der Waals surface area contributed by atoms with Gasteiger partial charge in [0, 0.05) is 70.8 Å². The van der Waals surface area contributed by atoms with Crippen LogP contribution in [0.5, 0.6) is 34.5 Å². The Hall–Kier alpha value is -5.10. The van der Waals surface area contributed by atoms with Crippen molar-refractivity contribution in [2.75, 3.05) is 226 Å². The van der Waals surface area contributed by atoms with Gasteiger partial charge >= 0.3 is 0 Å².